The van der Waals surface area contributed by atoms with Crippen LogP contribution in [0.3, 0.4) is 0 Å². The predicted molar refractivity (Wildman–Crippen MR) is 112 cm³/mol. The average Bonchev–Trinajstić information content (AvgIpc) is 2.71. The van der Waals surface area contributed by atoms with Gasteiger partial charge < -0.3 is 14.7 Å². The van der Waals surface area contributed by atoms with E-state index in [0.717, 1.165) is 51.3 Å². The highest BCUT2D eigenvalue weighted by atomic mass is 16.2. The van der Waals surface area contributed by atoms with Crippen LogP contribution < -0.4 is 9.80 Å². The molecule has 0 atom stereocenters. The van der Waals surface area contributed by atoms with Gasteiger partial charge in [0.2, 0.25) is 0 Å². The minimum atomic E-state index is 0.0520. The van der Waals surface area contributed by atoms with Crippen molar-refractivity contribution in [3.8, 4) is 0 Å². The first kappa shape index (κ1) is 19.2. The van der Waals surface area contributed by atoms with Crippen molar-refractivity contribution >= 4 is 17.3 Å². The standard InChI is InChI=1S/C22H30N4O/c1-4-5-9-24(3)22(27)19-15-21(17-23-16-19)26-12-10-25(11-13-26)20-8-6-7-18(2)14-20/h6-8,14-17H,4-5,9-13H2,1-3H3. The van der Waals surface area contributed by atoms with Gasteiger partial charge in [-0.3, -0.25) is 9.78 Å². The average molecular weight is 367 g/mol. The summed E-state index contributed by atoms with van der Waals surface area (Å²) < 4.78 is 0. The number of piperazine rings is 1. The SMILES string of the molecule is CCCCN(C)C(=O)c1cncc(N2CCN(c3cccc(C)c3)CC2)c1. The fraction of sp³-hybridized carbons (Fsp3) is 0.455. The van der Waals surface area contributed by atoms with Crippen LogP contribution in [0.4, 0.5) is 11.4 Å². The molecule has 3 rings (SSSR count). The van der Waals surface area contributed by atoms with Gasteiger partial charge in [-0.1, -0.05) is 25.5 Å². The summed E-state index contributed by atoms with van der Waals surface area (Å²) in [7, 11) is 1.87. The first-order valence-corrected chi connectivity index (χ1v) is 9.85. The van der Waals surface area contributed by atoms with Gasteiger partial charge in [-0.05, 0) is 37.1 Å². The molecule has 1 fully saturated rings. The van der Waals surface area contributed by atoms with Crippen LogP contribution in [0.2, 0.25) is 0 Å². The van der Waals surface area contributed by atoms with Crippen molar-refractivity contribution in [2.45, 2.75) is 26.7 Å². The molecule has 144 valence electrons. The minimum Gasteiger partial charge on any atom is -0.368 e. The van der Waals surface area contributed by atoms with Gasteiger partial charge in [0.25, 0.3) is 5.91 Å². The topological polar surface area (TPSA) is 39.7 Å². The van der Waals surface area contributed by atoms with Gasteiger partial charge in [0.1, 0.15) is 0 Å². The van der Waals surface area contributed by atoms with E-state index < -0.39 is 0 Å². The van der Waals surface area contributed by atoms with E-state index in [4.69, 9.17) is 0 Å². The summed E-state index contributed by atoms with van der Waals surface area (Å²) in [5.41, 5.74) is 4.28. The van der Waals surface area contributed by atoms with Crippen molar-refractivity contribution in [3.63, 3.8) is 0 Å². The lowest BCUT2D eigenvalue weighted by molar-refractivity contribution is 0.0793. The minimum absolute atomic E-state index is 0.0520. The molecule has 0 aliphatic carbocycles. The lowest BCUT2D eigenvalue weighted by Crippen LogP contribution is -2.46. The largest absolute Gasteiger partial charge is 0.368 e. The highest BCUT2D eigenvalue weighted by molar-refractivity contribution is 5.94. The monoisotopic (exact) mass is 366 g/mol. The molecule has 0 saturated carbocycles. The Labute approximate surface area is 162 Å². The number of nitrogens with zero attached hydrogens (tertiary/aromatic N) is 4. The Kier molecular flexibility index (Phi) is 6.32. The molecular formula is C22H30N4O. The van der Waals surface area contributed by atoms with Crippen LogP contribution in [0.5, 0.6) is 0 Å². The Balaban J connectivity index is 1.64. The van der Waals surface area contributed by atoms with Gasteiger partial charge in [0.05, 0.1) is 17.4 Å². The summed E-state index contributed by atoms with van der Waals surface area (Å²) in [6, 6.07) is 10.6. The number of anilines is 2. The van der Waals surface area contributed by atoms with E-state index in [1.807, 2.05) is 19.3 Å². The molecule has 2 aromatic rings. The van der Waals surface area contributed by atoms with E-state index in [1.54, 1.807) is 11.1 Å². The third-order valence-electron chi connectivity index (χ3n) is 5.18. The number of unbranched alkanes of at least 4 members (excludes halogenated alkanes) is 1. The zero-order chi connectivity index (χ0) is 19.2. The maximum Gasteiger partial charge on any atom is 0.255 e. The van der Waals surface area contributed by atoms with Crippen LogP contribution >= 0.6 is 0 Å². The number of hydrogen-bond acceptors (Lipinski definition) is 4. The number of aryl methyl sites for hydroxylation is 1. The lowest BCUT2D eigenvalue weighted by atomic mass is 10.1. The Bertz CT molecular complexity index is 768. The Morgan fingerprint density at radius 2 is 1.78 bits per heavy atom. The number of carbonyl (C=O) groups excluding carboxylic acids is 1. The predicted octanol–water partition coefficient (Wildman–Crippen LogP) is 3.59. The Morgan fingerprint density at radius 3 is 2.44 bits per heavy atom. The molecule has 0 radical (unpaired) electrons. The molecule has 5 heteroatoms. The van der Waals surface area contributed by atoms with Crippen LogP contribution in [0.15, 0.2) is 42.7 Å². The zero-order valence-corrected chi connectivity index (χ0v) is 16.7. The van der Waals surface area contributed by atoms with Crippen molar-refractivity contribution in [1.82, 2.24) is 9.88 Å². The zero-order valence-electron chi connectivity index (χ0n) is 16.7. The summed E-state index contributed by atoms with van der Waals surface area (Å²) in [6.45, 7) is 8.85. The second-order valence-corrected chi connectivity index (χ2v) is 7.33. The summed E-state index contributed by atoms with van der Waals surface area (Å²) in [6.07, 6.45) is 5.65. The molecule has 1 aromatic carbocycles. The number of carbonyl (C=O) groups is 1. The van der Waals surface area contributed by atoms with E-state index in [1.165, 1.54) is 11.3 Å². The summed E-state index contributed by atoms with van der Waals surface area (Å²) in [5.74, 6) is 0.0520. The maximum absolute atomic E-state index is 12.6. The van der Waals surface area contributed by atoms with Gasteiger partial charge >= 0.3 is 0 Å². The highest BCUT2D eigenvalue weighted by Crippen LogP contribution is 2.22. The van der Waals surface area contributed by atoms with Gasteiger partial charge in [-0.2, -0.15) is 0 Å². The lowest BCUT2D eigenvalue weighted by Gasteiger charge is -2.37. The van der Waals surface area contributed by atoms with Gasteiger partial charge in [0.15, 0.2) is 0 Å². The number of amides is 1. The molecule has 2 heterocycles. The molecular weight excluding hydrogens is 336 g/mol. The van der Waals surface area contributed by atoms with Crippen LogP contribution in [0, 0.1) is 6.92 Å². The van der Waals surface area contributed by atoms with Gasteiger partial charge in [-0.25, -0.2) is 0 Å². The number of aromatic nitrogens is 1. The molecule has 0 N–H and O–H groups in total. The molecule has 1 aliphatic rings. The number of hydrogen-bond donors (Lipinski definition) is 0. The van der Waals surface area contributed by atoms with E-state index >= 15 is 0 Å². The molecule has 1 aromatic heterocycles. The third-order valence-corrected chi connectivity index (χ3v) is 5.18. The number of benzene rings is 1. The van der Waals surface area contributed by atoms with E-state index in [2.05, 4.69) is 52.9 Å². The fourth-order valence-corrected chi connectivity index (χ4v) is 3.48. The second kappa shape index (κ2) is 8.89. The molecule has 0 spiro atoms. The van der Waals surface area contributed by atoms with Crippen molar-refractivity contribution in [1.29, 1.82) is 0 Å². The number of rotatable bonds is 6. The van der Waals surface area contributed by atoms with Crippen molar-refractivity contribution in [3.05, 3.63) is 53.9 Å². The van der Waals surface area contributed by atoms with Crippen LogP contribution in [0.1, 0.15) is 35.7 Å². The fourth-order valence-electron chi connectivity index (χ4n) is 3.48. The first-order valence-electron chi connectivity index (χ1n) is 9.85. The smallest absolute Gasteiger partial charge is 0.255 e. The Hall–Kier alpha value is -2.56. The molecule has 1 aliphatic heterocycles. The molecule has 1 amide bonds. The normalized spacial score (nSPS) is 14.3. The maximum atomic E-state index is 12.6. The molecule has 0 unspecified atom stereocenters. The molecule has 5 nitrogen and oxygen atoms in total. The van der Waals surface area contributed by atoms with Crippen molar-refractivity contribution in [2.75, 3.05) is 49.6 Å². The van der Waals surface area contributed by atoms with Crippen LogP contribution in [-0.2, 0) is 0 Å². The van der Waals surface area contributed by atoms with Crippen molar-refractivity contribution in [2.24, 2.45) is 0 Å². The third kappa shape index (κ3) is 4.79. The summed E-state index contributed by atoms with van der Waals surface area (Å²) in [5, 5.41) is 0. The molecule has 0 bridgehead atoms. The van der Waals surface area contributed by atoms with E-state index in [-0.39, 0.29) is 5.91 Å². The molecule has 1 saturated heterocycles. The number of pyridine rings is 1. The molecule has 27 heavy (non-hydrogen) atoms. The van der Waals surface area contributed by atoms with Crippen molar-refractivity contribution < 1.29 is 4.79 Å². The Morgan fingerprint density at radius 1 is 1.07 bits per heavy atom. The van der Waals surface area contributed by atoms with Gasteiger partial charge in [0, 0.05) is 51.7 Å². The van der Waals surface area contributed by atoms with E-state index in [0.29, 0.717) is 5.56 Å². The second-order valence-electron chi connectivity index (χ2n) is 7.33. The van der Waals surface area contributed by atoms with Crippen LogP contribution in [0.25, 0.3) is 0 Å². The van der Waals surface area contributed by atoms with Crippen LogP contribution in [-0.4, -0.2) is 55.6 Å². The quantitative estimate of drug-likeness (QED) is 0.783. The summed E-state index contributed by atoms with van der Waals surface area (Å²) in [4.78, 5) is 23.5. The van der Waals surface area contributed by atoms with Gasteiger partial charge in [-0.15, -0.1) is 0 Å². The first-order chi connectivity index (χ1) is 13.1. The highest BCUT2D eigenvalue weighted by Gasteiger charge is 2.19. The summed E-state index contributed by atoms with van der Waals surface area (Å²) >= 11 is 0. The van der Waals surface area contributed by atoms with E-state index in [9.17, 15) is 4.79 Å².